The Morgan fingerprint density at radius 3 is 2.44 bits per heavy atom. The third-order valence-corrected chi connectivity index (χ3v) is 7.37. The molecule has 27 heavy (non-hydrogen) atoms. The fraction of sp³-hybridized carbons (Fsp3) is 0.250. The van der Waals surface area contributed by atoms with Gasteiger partial charge in [0, 0.05) is 11.8 Å². The zero-order chi connectivity index (χ0) is 18.9. The fourth-order valence-corrected chi connectivity index (χ4v) is 5.82. The van der Waals surface area contributed by atoms with Crippen LogP contribution in [0.2, 0.25) is 0 Å². The van der Waals surface area contributed by atoms with Crippen LogP contribution in [-0.2, 0) is 19.8 Å². The first-order valence-electron chi connectivity index (χ1n) is 8.96. The van der Waals surface area contributed by atoms with Crippen LogP contribution in [0.3, 0.4) is 0 Å². The topological polar surface area (TPSA) is 52.8 Å². The van der Waals surface area contributed by atoms with E-state index in [1.54, 1.807) is 11.3 Å². The second-order valence-corrected chi connectivity index (χ2v) is 9.21. The van der Waals surface area contributed by atoms with Crippen LogP contribution in [-0.4, -0.2) is 22.6 Å². The number of imidazole rings is 1. The molecule has 5 nitrogen and oxygen atoms in total. The number of benzene rings is 2. The highest BCUT2D eigenvalue weighted by molar-refractivity contribution is 7.53. The van der Waals surface area contributed by atoms with Gasteiger partial charge in [0.1, 0.15) is 0 Å². The van der Waals surface area contributed by atoms with Gasteiger partial charge in [-0.1, -0.05) is 47.7 Å². The molecule has 7 heteroatoms. The summed E-state index contributed by atoms with van der Waals surface area (Å²) in [7, 11) is -3.09. The van der Waals surface area contributed by atoms with E-state index in [0.29, 0.717) is 13.2 Å². The van der Waals surface area contributed by atoms with Gasteiger partial charge in [-0.2, -0.15) is 0 Å². The van der Waals surface area contributed by atoms with Gasteiger partial charge in [0.25, 0.3) is 0 Å². The predicted octanol–water partition coefficient (Wildman–Crippen LogP) is 5.98. The molecule has 4 rings (SSSR count). The predicted molar refractivity (Wildman–Crippen MR) is 111 cm³/mol. The second-order valence-electron chi connectivity index (χ2n) is 6.15. The maximum Gasteiger partial charge on any atom is 0.335 e. The molecule has 0 N–H and O–H groups in total. The molecule has 2 heterocycles. The summed E-state index contributed by atoms with van der Waals surface area (Å²) in [6, 6.07) is 16.2. The first-order valence-corrected chi connectivity index (χ1v) is 11.5. The minimum absolute atomic E-state index is 0.276. The van der Waals surface area contributed by atoms with Crippen molar-refractivity contribution in [3.05, 3.63) is 60.3 Å². The third-order valence-electron chi connectivity index (χ3n) is 4.28. The van der Waals surface area contributed by atoms with E-state index in [-0.39, 0.29) is 6.16 Å². The number of thiazole rings is 1. The Balaban J connectivity index is 1.60. The maximum absolute atomic E-state index is 12.7. The molecule has 0 aliphatic rings. The fourth-order valence-electron chi connectivity index (χ4n) is 3.11. The summed E-state index contributed by atoms with van der Waals surface area (Å²) in [5, 5.41) is 0. The highest BCUT2D eigenvalue weighted by Crippen LogP contribution is 2.51. The van der Waals surface area contributed by atoms with Gasteiger partial charge in [-0.25, -0.2) is 4.98 Å². The molecule has 2 aromatic carbocycles. The Bertz CT molecular complexity index is 1110. The van der Waals surface area contributed by atoms with Gasteiger partial charge in [-0.05, 0) is 31.5 Å². The minimum atomic E-state index is -3.09. The van der Waals surface area contributed by atoms with Crippen molar-refractivity contribution >= 4 is 34.1 Å². The summed E-state index contributed by atoms with van der Waals surface area (Å²) in [6.45, 7) is 4.38. The number of nitrogens with zero attached hydrogens (tertiary/aromatic N) is 2. The van der Waals surface area contributed by atoms with E-state index in [1.165, 1.54) is 10.2 Å². The smallest absolute Gasteiger partial charge is 0.309 e. The zero-order valence-electron chi connectivity index (χ0n) is 15.3. The van der Waals surface area contributed by atoms with Crippen molar-refractivity contribution < 1.29 is 13.6 Å². The van der Waals surface area contributed by atoms with Gasteiger partial charge in [-0.3, -0.25) is 8.97 Å². The van der Waals surface area contributed by atoms with E-state index in [4.69, 9.17) is 14.0 Å². The maximum atomic E-state index is 12.7. The van der Waals surface area contributed by atoms with Gasteiger partial charge in [0.15, 0.2) is 4.96 Å². The lowest BCUT2D eigenvalue weighted by molar-refractivity contribution is 0.219. The molecule has 0 radical (unpaired) electrons. The summed E-state index contributed by atoms with van der Waals surface area (Å²) >= 11 is 1.68. The number of para-hydroxylation sites is 1. The average Bonchev–Trinajstić information content (AvgIpc) is 3.20. The van der Waals surface area contributed by atoms with Crippen molar-refractivity contribution in [2.24, 2.45) is 0 Å². The molecule has 0 saturated carbocycles. The molecule has 0 spiro atoms. The van der Waals surface area contributed by atoms with Crippen LogP contribution in [0, 0.1) is 0 Å². The number of aromatic nitrogens is 2. The highest BCUT2D eigenvalue weighted by Gasteiger charge is 2.24. The second kappa shape index (κ2) is 7.56. The Morgan fingerprint density at radius 2 is 1.74 bits per heavy atom. The lowest BCUT2D eigenvalue weighted by Crippen LogP contribution is -1.99. The van der Waals surface area contributed by atoms with Gasteiger partial charge in [-0.15, -0.1) is 0 Å². The molecule has 0 atom stereocenters. The van der Waals surface area contributed by atoms with E-state index in [9.17, 15) is 4.57 Å². The van der Waals surface area contributed by atoms with E-state index < -0.39 is 7.60 Å². The van der Waals surface area contributed by atoms with Gasteiger partial charge < -0.3 is 9.05 Å². The Hall–Kier alpha value is -1.98. The van der Waals surface area contributed by atoms with Crippen LogP contribution in [0.15, 0.2) is 54.7 Å². The summed E-state index contributed by atoms with van der Waals surface area (Å²) in [5.74, 6) is 0. The van der Waals surface area contributed by atoms with E-state index in [1.807, 2.05) is 50.2 Å². The normalized spacial score (nSPS) is 12.2. The number of fused-ring (bicyclic) bond motifs is 3. The third kappa shape index (κ3) is 3.71. The standard InChI is InChI=1S/C20H21N2O3PS/c1-3-24-26(23,25-4-2)14-15-9-11-16(12-10-15)17-13-22-18-7-5-6-8-19(18)27-20(22)21-17/h5-13H,3-4,14H2,1-2H3. The van der Waals surface area contributed by atoms with Crippen molar-refractivity contribution in [3.8, 4) is 11.3 Å². The average molecular weight is 400 g/mol. The molecule has 2 aromatic heterocycles. The molecule has 0 bridgehead atoms. The number of hydrogen-bond donors (Lipinski definition) is 0. The minimum Gasteiger partial charge on any atom is -0.309 e. The summed E-state index contributed by atoms with van der Waals surface area (Å²) < 4.78 is 26.8. The first kappa shape index (κ1) is 18.4. The van der Waals surface area contributed by atoms with Crippen molar-refractivity contribution in [3.63, 3.8) is 0 Å². The van der Waals surface area contributed by atoms with Crippen LogP contribution >= 0.6 is 18.9 Å². The van der Waals surface area contributed by atoms with Crippen LogP contribution < -0.4 is 0 Å². The Kier molecular flexibility index (Phi) is 5.15. The molecule has 4 aromatic rings. The summed E-state index contributed by atoms with van der Waals surface area (Å²) in [5.41, 5.74) is 4.05. The van der Waals surface area contributed by atoms with Crippen molar-refractivity contribution in [2.45, 2.75) is 20.0 Å². The van der Waals surface area contributed by atoms with E-state index in [2.05, 4.69) is 22.7 Å². The molecular formula is C20H21N2O3PS. The van der Waals surface area contributed by atoms with E-state index in [0.717, 1.165) is 21.8 Å². The van der Waals surface area contributed by atoms with Crippen molar-refractivity contribution in [1.29, 1.82) is 0 Å². The molecule has 0 aliphatic carbocycles. The molecule has 0 unspecified atom stereocenters. The van der Waals surface area contributed by atoms with Gasteiger partial charge in [0.2, 0.25) is 0 Å². The highest BCUT2D eigenvalue weighted by atomic mass is 32.1. The molecular weight excluding hydrogens is 379 g/mol. The molecule has 0 aliphatic heterocycles. The largest absolute Gasteiger partial charge is 0.335 e. The monoisotopic (exact) mass is 400 g/mol. The van der Waals surface area contributed by atoms with Crippen molar-refractivity contribution in [2.75, 3.05) is 13.2 Å². The molecule has 140 valence electrons. The van der Waals surface area contributed by atoms with E-state index >= 15 is 0 Å². The first-order chi connectivity index (χ1) is 13.1. The Morgan fingerprint density at radius 1 is 1.04 bits per heavy atom. The summed E-state index contributed by atoms with van der Waals surface area (Å²) in [6.07, 6.45) is 2.34. The molecule has 0 fully saturated rings. The SMILES string of the molecule is CCOP(=O)(Cc1ccc(-c2cn3c(n2)sc2ccccc23)cc1)OCC. The van der Waals surface area contributed by atoms with Crippen LogP contribution in [0.4, 0.5) is 0 Å². The van der Waals surface area contributed by atoms with Gasteiger partial charge in [0.05, 0.1) is 35.3 Å². The molecule has 0 saturated heterocycles. The zero-order valence-corrected chi connectivity index (χ0v) is 17.0. The van der Waals surface area contributed by atoms with Crippen molar-refractivity contribution in [1.82, 2.24) is 9.38 Å². The number of hydrogen-bond acceptors (Lipinski definition) is 5. The number of rotatable bonds is 7. The Labute approximate surface area is 162 Å². The quantitative estimate of drug-likeness (QED) is 0.358. The van der Waals surface area contributed by atoms with Crippen LogP contribution in [0.5, 0.6) is 0 Å². The van der Waals surface area contributed by atoms with Crippen LogP contribution in [0.1, 0.15) is 19.4 Å². The lowest BCUT2D eigenvalue weighted by atomic mass is 10.1. The summed E-state index contributed by atoms with van der Waals surface area (Å²) in [4.78, 5) is 5.74. The van der Waals surface area contributed by atoms with Crippen LogP contribution in [0.25, 0.3) is 26.4 Å². The van der Waals surface area contributed by atoms with Gasteiger partial charge >= 0.3 is 7.60 Å². The lowest BCUT2D eigenvalue weighted by Gasteiger charge is -2.17. The molecule has 0 amide bonds.